The second-order valence-corrected chi connectivity index (χ2v) is 9.42. The average molecular weight is 462 g/mol. The molecular weight excluding hydrogens is 429 g/mol. The van der Waals surface area contributed by atoms with Gasteiger partial charge < -0.3 is 15.5 Å². The number of aliphatic carboxylic acids is 1. The molecule has 0 aliphatic heterocycles. The molecule has 1 aromatic heterocycles. The summed E-state index contributed by atoms with van der Waals surface area (Å²) >= 11 is 0. The van der Waals surface area contributed by atoms with E-state index in [2.05, 4.69) is 5.32 Å². The largest absolute Gasteiger partial charge is 0.481 e. The molecule has 2 saturated carbocycles. The van der Waals surface area contributed by atoms with Gasteiger partial charge in [-0.25, -0.2) is 9.18 Å². The molecule has 9 heteroatoms. The Kier molecular flexibility index (Phi) is 7.17. The molecule has 3 N–H and O–H groups in total. The predicted molar refractivity (Wildman–Crippen MR) is 123 cm³/mol. The minimum absolute atomic E-state index is 0.0821. The highest BCUT2D eigenvalue weighted by molar-refractivity contribution is 5.82. The first-order valence-corrected chi connectivity index (χ1v) is 12.0. The Morgan fingerprint density at radius 3 is 2.42 bits per heavy atom. The summed E-state index contributed by atoms with van der Waals surface area (Å²) in [5.41, 5.74) is -0.488. The zero-order chi connectivity index (χ0) is 23.5. The van der Waals surface area contributed by atoms with Crippen molar-refractivity contribution in [2.24, 2.45) is 0 Å². The van der Waals surface area contributed by atoms with Gasteiger partial charge in [-0.3, -0.25) is 18.7 Å². The molecule has 0 spiro atoms. The van der Waals surface area contributed by atoms with Gasteiger partial charge in [-0.05, 0) is 44.2 Å². The predicted octanol–water partition coefficient (Wildman–Crippen LogP) is 3.39. The van der Waals surface area contributed by atoms with E-state index in [1.807, 2.05) is 0 Å². The summed E-state index contributed by atoms with van der Waals surface area (Å²) in [4.78, 5) is 37.4. The van der Waals surface area contributed by atoms with E-state index in [1.54, 1.807) is 10.6 Å². The summed E-state index contributed by atoms with van der Waals surface area (Å²) in [6, 6.07) is 2.84. The summed E-state index contributed by atoms with van der Waals surface area (Å²) in [6.07, 6.45) is 7.27. The number of anilines is 1. The molecule has 180 valence electrons. The van der Waals surface area contributed by atoms with Crippen LogP contribution in [-0.2, 0) is 11.3 Å². The number of benzene rings is 1. The summed E-state index contributed by atoms with van der Waals surface area (Å²) in [5, 5.41) is 22.5. The third-order valence-corrected chi connectivity index (χ3v) is 7.00. The van der Waals surface area contributed by atoms with E-state index in [0.717, 1.165) is 55.9 Å². The van der Waals surface area contributed by atoms with Crippen molar-refractivity contribution in [3.05, 3.63) is 38.8 Å². The summed E-state index contributed by atoms with van der Waals surface area (Å²) in [5.74, 6) is -1.61. The number of carboxylic acid groups (broad SMARTS) is 1. The van der Waals surface area contributed by atoms with E-state index in [1.165, 1.54) is 12.5 Å². The highest BCUT2D eigenvalue weighted by Gasteiger charge is 2.25. The molecule has 1 heterocycles. The van der Waals surface area contributed by atoms with Crippen LogP contribution in [0.2, 0.25) is 0 Å². The molecule has 0 bridgehead atoms. The quantitative estimate of drug-likeness (QED) is 0.555. The molecule has 2 aromatic rings. The number of carbonyl (C=O) groups is 1. The molecule has 33 heavy (non-hydrogen) atoms. The monoisotopic (exact) mass is 461 g/mol. The van der Waals surface area contributed by atoms with Crippen molar-refractivity contribution in [2.45, 2.75) is 95.4 Å². The zero-order valence-corrected chi connectivity index (χ0v) is 18.8. The number of aliphatic hydroxyl groups excluding tert-OH is 1. The van der Waals surface area contributed by atoms with Crippen LogP contribution in [0, 0.1) is 5.82 Å². The van der Waals surface area contributed by atoms with Crippen molar-refractivity contribution in [1.29, 1.82) is 0 Å². The van der Waals surface area contributed by atoms with Crippen molar-refractivity contribution in [3.63, 3.8) is 0 Å². The molecule has 0 unspecified atom stereocenters. The van der Waals surface area contributed by atoms with Crippen LogP contribution >= 0.6 is 0 Å². The number of rotatable bonds is 8. The van der Waals surface area contributed by atoms with Crippen LogP contribution in [0.15, 0.2) is 21.7 Å². The Bertz CT molecular complexity index is 1130. The maximum atomic E-state index is 15.1. The molecule has 1 aromatic carbocycles. The van der Waals surface area contributed by atoms with Gasteiger partial charge in [-0.2, -0.15) is 0 Å². The second kappa shape index (κ2) is 10.1. The summed E-state index contributed by atoms with van der Waals surface area (Å²) in [6.45, 7) is -0.322. The van der Waals surface area contributed by atoms with Crippen LogP contribution in [0.4, 0.5) is 10.1 Å². The van der Waals surface area contributed by atoms with E-state index in [9.17, 15) is 19.5 Å². The number of hydrogen-bond donors (Lipinski definition) is 3. The summed E-state index contributed by atoms with van der Waals surface area (Å²) in [7, 11) is 0. The van der Waals surface area contributed by atoms with Crippen LogP contribution in [0.25, 0.3) is 10.9 Å². The fourth-order valence-electron chi connectivity index (χ4n) is 5.24. The Labute approximate surface area is 191 Å². The van der Waals surface area contributed by atoms with Crippen molar-refractivity contribution in [1.82, 2.24) is 9.13 Å². The SMILES string of the molecule is O=C(O)CC[C@H](O)Cn1c(=O)c2cc(F)c(NC3CCCCC3)cc2n(C2CCCC2)c1=O. The van der Waals surface area contributed by atoms with Crippen LogP contribution in [0.1, 0.15) is 76.7 Å². The Morgan fingerprint density at radius 1 is 1.09 bits per heavy atom. The lowest BCUT2D eigenvalue weighted by molar-refractivity contribution is -0.137. The number of fused-ring (bicyclic) bond motifs is 1. The smallest absolute Gasteiger partial charge is 0.331 e. The van der Waals surface area contributed by atoms with Gasteiger partial charge in [0.2, 0.25) is 0 Å². The molecular formula is C24H32FN3O5. The minimum atomic E-state index is -1.17. The molecule has 2 aliphatic rings. The second-order valence-electron chi connectivity index (χ2n) is 9.42. The molecule has 0 saturated heterocycles. The van der Waals surface area contributed by atoms with Gasteiger partial charge in [0.1, 0.15) is 5.82 Å². The molecule has 2 fully saturated rings. The standard InChI is InChI=1S/C24H32FN3O5/c25-19-12-18-21(13-20(19)26-15-6-2-1-3-7-15)28(16-8-4-5-9-16)24(33)27(23(18)32)14-17(29)10-11-22(30)31/h12-13,15-17,26,29H,1-11,14H2,(H,30,31)/t17-/m0/s1. The molecule has 8 nitrogen and oxygen atoms in total. The molecule has 0 radical (unpaired) electrons. The van der Waals surface area contributed by atoms with E-state index in [4.69, 9.17) is 5.11 Å². The fraction of sp³-hybridized carbons (Fsp3) is 0.625. The number of halogens is 1. The number of hydrogen-bond acceptors (Lipinski definition) is 5. The number of nitrogens with one attached hydrogen (secondary N) is 1. The number of aliphatic hydroxyl groups is 1. The number of nitrogens with zero attached hydrogens (tertiary/aromatic N) is 2. The molecule has 2 aliphatic carbocycles. The maximum Gasteiger partial charge on any atom is 0.331 e. The highest BCUT2D eigenvalue weighted by Crippen LogP contribution is 2.32. The molecule has 0 amide bonds. The van der Waals surface area contributed by atoms with Crippen molar-refractivity contribution in [2.75, 3.05) is 5.32 Å². The van der Waals surface area contributed by atoms with Gasteiger partial charge in [0.15, 0.2) is 0 Å². The first-order valence-electron chi connectivity index (χ1n) is 12.0. The lowest BCUT2D eigenvalue weighted by Gasteiger charge is -2.25. The molecule has 4 rings (SSSR count). The number of carboxylic acids is 1. The summed E-state index contributed by atoms with van der Waals surface area (Å²) < 4.78 is 17.6. The minimum Gasteiger partial charge on any atom is -0.481 e. The van der Waals surface area contributed by atoms with Crippen LogP contribution < -0.4 is 16.6 Å². The maximum absolute atomic E-state index is 15.1. The number of aromatic nitrogens is 2. The van der Waals surface area contributed by atoms with E-state index < -0.39 is 29.1 Å². The van der Waals surface area contributed by atoms with Crippen molar-refractivity contribution >= 4 is 22.6 Å². The first kappa shape index (κ1) is 23.5. The Hall–Kier alpha value is -2.68. The van der Waals surface area contributed by atoms with Gasteiger partial charge in [-0.15, -0.1) is 0 Å². The topological polar surface area (TPSA) is 114 Å². The molecule has 1 atom stereocenters. The third kappa shape index (κ3) is 5.13. The zero-order valence-electron chi connectivity index (χ0n) is 18.8. The van der Waals surface area contributed by atoms with Crippen LogP contribution in [0.5, 0.6) is 0 Å². The van der Waals surface area contributed by atoms with Crippen LogP contribution in [-0.4, -0.2) is 37.5 Å². The van der Waals surface area contributed by atoms with Gasteiger partial charge in [0, 0.05) is 18.5 Å². The Morgan fingerprint density at radius 2 is 1.76 bits per heavy atom. The van der Waals surface area contributed by atoms with Crippen molar-refractivity contribution < 1.29 is 19.4 Å². The van der Waals surface area contributed by atoms with Gasteiger partial charge in [0.25, 0.3) is 5.56 Å². The van der Waals surface area contributed by atoms with E-state index in [-0.39, 0.29) is 36.9 Å². The highest BCUT2D eigenvalue weighted by atomic mass is 19.1. The lowest BCUT2D eigenvalue weighted by atomic mass is 9.95. The van der Waals surface area contributed by atoms with Crippen LogP contribution in [0.3, 0.4) is 0 Å². The average Bonchev–Trinajstić information content (AvgIpc) is 3.32. The third-order valence-electron chi connectivity index (χ3n) is 7.00. The van der Waals surface area contributed by atoms with Gasteiger partial charge >= 0.3 is 11.7 Å². The normalized spacial score (nSPS) is 18.6. The van der Waals surface area contributed by atoms with E-state index >= 15 is 4.39 Å². The lowest BCUT2D eigenvalue weighted by Crippen LogP contribution is -2.43. The van der Waals surface area contributed by atoms with Crippen molar-refractivity contribution in [3.8, 4) is 0 Å². The van der Waals surface area contributed by atoms with Gasteiger partial charge in [0.05, 0.1) is 29.2 Å². The first-order chi connectivity index (χ1) is 15.8. The fourth-order valence-corrected chi connectivity index (χ4v) is 5.24. The van der Waals surface area contributed by atoms with E-state index in [0.29, 0.717) is 11.2 Å². The Balaban J connectivity index is 1.79. The van der Waals surface area contributed by atoms with Gasteiger partial charge in [-0.1, -0.05) is 32.1 Å².